The van der Waals surface area contributed by atoms with Gasteiger partial charge >= 0.3 is 0 Å². The van der Waals surface area contributed by atoms with Crippen molar-refractivity contribution in [3.63, 3.8) is 0 Å². The van der Waals surface area contributed by atoms with Crippen LogP contribution in [0.15, 0.2) is 18.5 Å². The highest BCUT2D eigenvalue weighted by molar-refractivity contribution is 7.12. The lowest BCUT2D eigenvalue weighted by Crippen LogP contribution is -2.18. The average Bonchev–Trinajstić information content (AvgIpc) is 2.80. The first-order valence-electron chi connectivity index (χ1n) is 7.39. The third kappa shape index (κ3) is 3.89. The Hall–Kier alpha value is -1.26. The number of hydrogen-bond donors (Lipinski definition) is 1. The van der Waals surface area contributed by atoms with E-state index in [-0.39, 0.29) is 5.41 Å². The zero-order valence-corrected chi connectivity index (χ0v) is 14.6. The molecular formula is C17H25N3S. The molecule has 2 aromatic heterocycles. The van der Waals surface area contributed by atoms with Crippen LogP contribution in [0.1, 0.15) is 60.4 Å². The molecule has 0 saturated heterocycles. The Kier molecular flexibility index (Phi) is 4.79. The van der Waals surface area contributed by atoms with Crippen molar-refractivity contribution in [2.75, 3.05) is 0 Å². The number of hydrogen-bond acceptors (Lipinski definition) is 4. The summed E-state index contributed by atoms with van der Waals surface area (Å²) in [6.45, 7) is 13.9. The van der Waals surface area contributed by atoms with E-state index in [1.54, 1.807) is 0 Å². The van der Waals surface area contributed by atoms with Crippen LogP contribution in [0.25, 0.3) is 0 Å². The summed E-state index contributed by atoms with van der Waals surface area (Å²) in [4.78, 5) is 10.3. The van der Waals surface area contributed by atoms with E-state index in [4.69, 9.17) is 4.98 Å². The molecule has 0 aliphatic heterocycles. The van der Waals surface area contributed by atoms with Crippen LogP contribution >= 0.6 is 11.3 Å². The minimum atomic E-state index is 0.118. The fourth-order valence-electron chi connectivity index (χ4n) is 2.17. The van der Waals surface area contributed by atoms with E-state index in [9.17, 15) is 0 Å². The molecule has 114 valence electrons. The molecule has 0 bridgehead atoms. The van der Waals surface area contributed by atoms with E-state index >= 15 is 0 Å². The molecule has 2 aromatic rings. The molecule has 4 heteroatoms. The van der Waals surface area contributed by atoms with Gasteiger partial charge in [0.15, 0.2) is 0 Å². The van der Waals surface area contributed by atoms with Gasteiger partial charge in [-0.1, -0.05) is 20.8 Å². The molecule has 1 atom stereocenters. The zero-order chi connectivity index (χ0) is 15.6. The third-order valence-corrected chi connectivity index (χ3v) is 5.38. The summed E-state index contributed by atoms with van der Waals surface area (Å²) in [6.07, 6.45) is 3.78. The second-order valence-corrected chi connectivity index (χ2v) is 7.65. The normalized spacial score (nSPS) is 13.4. The van der Waals surface area contributed by atoms with Crippen molar-refractivity contribution in [1.29, 1.82) is 0 Å². The number of nitrogens with one attached hydrogen (secondary N) is 1. The van der Waals surface area contributed by atoms with E-state index in [0.717, 1.165) is 12.2 Å². The van der Waals surface area contributed by atoms with E-state index in [1.165, 1.54) is 21.0 Å². The maximum Gasteiger partial charge on any atom is 0.0985 e. The molecule has 21 heavy (non-hydrogen) atoms. The van der Waals surface area contributed by atoms with Crippen LogP contribution < -0.4 is 5.32 Å². The third-order valence-electron chi connectivity index (χ3n) is 3.61. The standard InChI is InChI=1S/C17H25N3S/c1-11-7-8-18-9-14(11)10-19-12(2)15-13(3)20-16(21-15)17(4,5)6/h7-9,12,19H,10H2,1-6H3. The molecule has 0 radical (unpaired) electrons. The van der Waals surface area contributed by atoms with E-state index in [0.29, 0.717) is 6.04 Å². The number of aryl methyl sites for hydroxylation is 2. The van der Waals surface area contributed by atoms with Crippen LogP contribution in [0, 0.1) is 13.8 Å². The summed E-state index contributed by atoms with van der Waals surface area (Å²) in [5.41, 5.74) is 3.80. The van der Waals surface area contributed by atoms with Crippen LogP contribution in [0.5, 0.6) is 0 Å². The van der Waals surface area contributed by atoms with Gasteiger partial charge < -0.3 is 5.32 Å². The van der Waals surface area contributed by atoms with Crippen molar-refractivity contribution in [3.05, 3.63) is 45.2 Å². The van der Waals surface area contributed by atoms with Gasteiger partial charge in [0.2, 0.25) is 0 Å². The molecule has 3 nitrogen and oxygen atoms in total. The molecule has 0 spiro atoms. The Balaban J connectivity index is 2.09. The lowest BCUT2D eigenvalue weighted by molar-refractivity contribution is 0.575. The second-order valence-electron chi connectivity index (χ2n) is 6.62. The van der Waals surface area contributed by atoms with Crippen LogP contribution in [0.4, 0.5) is 0 Å². The van der Waals surface area contributed by atoms with E-state index < -0.39 is 0 Å². The Morgan fingerprint density at radius 3 is 2.57 bits per heavy atom. The monoisotopic (exact) mass is 303 g/mol. The van der Waals surface area contributed by atoms with E-state index in [1.807, 2.05) is 23.7 Å². The predicted molar refractivity (Wildman–Crippen MR) is 89.8 cm³/mol. The number of aromatic nitrogens is 2. The van der Waals surface area contributed by atoms with E-state index in [2.05, 4.69) is 57.9 Å². The highest BCUT2D eigenvalue weighted by atomic mass is 32.1. The quantitative estimate of drug-likeness (QED) is 0.915. The van der Waals surface area contributed by atoms with Crippen molar-refractivity contribution in [1.82, 2.24) is 15.3 Å². The Bertz CT molecular complexity index is 611. The van der Waals surface area contributed by atoms with Gasteiger partial charge in [-0.3, -0.25) is 4.98 Å². The Labute approximate surface area is 131 Å². The molecular weight excluding hydrogens is 278 g/mol. The minimum Gasteiger partial charge on any atom is -0.305 e. The molecule has 0 amide bonds. The number of thiazole rings is 1. The zero-order valence-electron chi connectivity index (χ0n) is 13.8. The molecule has 1 N–H and O–H groups in total. The first kappa shape index (κ1) is 16.1. The van der Waals surface area contributed by atoms with Crippen molar-refractivity contribution in [2.24, 2.45) is 0 Å². The summed E-state index contributed by atoms with van der Waals surface area (Å²) < 4.78 is 0. The average molecular weight is 303 g/mol. The lowest BCUT2D eigenvalue weighted by Gasteiger charge is -2.15. The Morgan fingerprint density at radius 1 is 1.29 bits per heavy atom. The maximum atomic E-state index is 4.74. The highest BCUT2D eigenvalue weighted by Crippen LogP contribution is 2.32. The van der Waals surface area contributed by atoms with Crippen molar-refractivity contribution >= 4 is 11.3 Å². The first-order valence-corrected chi connectivity index (χ1v) is 8.21. The summed E-state index contributed by atoms with van der Waals surface area (Å²) in [5, 5.41) is 4.80. The number of pyridine rings is 1. The summed E-state index contributed by atoms with van der Waals surface area (Å²) in [5.74, 6) is 0. The maximum absolute atomic E-state index is 4.74. The molecule has 1 unspecified atom stereocenters. The first-order chi connectivity index (χ1) is 9.79. The summed E-state index contributed by atoms with van der Waals surface area (Å²) in [6, 6.07) is 2.36. The van der Waals surface area contributed by atoms with Crippen LogP contribution in [0.2, 0.25) is 0 Å². The van der Waals surface area contributed by atoms with Gasteiger partial charge in [0, 0.05) is 35.3 Å². The van der Waals surface area contributed by atoms with Gasteiger partial charge in [-0.25, -0.2) is 4.98 Å². The highest BCUT2D eigenvalue weighted by Gasteiger charge is 2.22. The van der Waals surface area contributed by atoms with Crippen molar-refractivity contribution < 1.29 is 0 Å². The van der Waals surface area contributed by atoms with Crippen LogP contribution in [-0.2, 0) is 12.0 Å². The van der Waals surface area contributed by atoms with Gasteiger partial charge in [0.1, 0.15) is 0 Å². The van der Waals surface area contributed by atoms with Crippen molar-refractivity contribution in [2.45, 2.75) is 59.5 Å². The van der Waals surface area contributed by atoms with Crippen molar-refractivity contribution in [3.8, 4) is 0 Å². The molecule has 2 rings (SSSR count). The second kappa shape index (κ2) is 6.24. The van der Waals surface area contributed by atoms with Gasteiger partial charge in [0.05, 0.1) is 10.7 Å². The van der Waals surface area contributed by atoms with Gasteiger partial charge in [-0.05, 0) is 38.0 Å². The molecule has 0 saturated carbocycles. The Morgan fingerprint density at radius 2 is 2.00 bits per heavy atom. The largest absolute Gasteiger partial charge is 0.305 e. The molecule has 0 aromatic carbocycles. The predicted octanol–water partition coefficient (Wildman–Crippen LogP) is 4.30. The summed E-state index contributed by atoms with van der Waals surface area (Å²) >= 11 is 1.82. The minimum absolute atomic E-state index is 0.118. The number of nitrogens with zero attached hydrogens (tertiary/aromatic N) is 2. The van der Waals surface area contributed by atoms with Gasteiger partial charge in [0.25, 0.3) is 0 Å². The van der Waals surface area contributed by atoms with Gasteiger partial charge in [-0.2, -0.15) is 0 Å². The fourth-order valence-corrected chi connectivity index (χ4v) is 3.32. The SMILES string of the molecule is Cc1ccncc1CNC(C)c1sc(C(C)(C)C)nc1C. The van der Waals surface area contributed by atoms with Crippen LogP contribution in [0.3, 0.4) is 0 Å². The summed E-state index contributed by atoms with van der Waals surface area (Å²) in [7, 11) is 0. The molecule has 0 aliphatic carbocycles. The number of rotatable bonds is 4. The van der Waals surface area contributed by atoms with Crippen LogP contribution in [-0.4, -0.2) is 9.97 Å². The molecule has 0 fully saturated rings. The molecule has 2 heterocycles. The van der Waals surface area contributed by atoms with Gasteiger partial charge in [-0.15, -0.1) is 11.3 Å². The molecule has 0 aliphatic rings. The smallest absolute Gasteiger partial charge is 0.0985 e. The lowest BCUT2D eigenvalue weighted by atomic mass is 9.98. The topological polar surface area (TPSA) is 37.8 Å². The fraction of sp³-hybridized carbons (Fsp3) is 0.529.